The number of nitrogens with one attached hydrogen (secondary N) is 1. The number of urea groups is 1. The summed E-state index contributed by atoms with van der Waals surface area (Å²) in [5, 5.41) is 2.85. The van der Waals surface area contributed by atoms with Gasteiger partial charge < -0.3 is 10.1 Å². The van der Waals surface area contributed by atoms with Crippen LogP contribution >= 0.6 is 0 Å². The molecule has 6 heteroatoms. The number of hydrogen-bond acceptors (Lipinski definition) is 4. The highest BCUT2D eigenvalue weighted by Crippen LogP contribution is 2.36. The van der Waals surface area contributed by atoms with Gasteiger partial charge >= 0.3 is 12.0 Å². The summed E-state index contributed by atoms with van der Waals surface area (Å²) < 4.78 is 5.14. The predicted octanol–water partition coefficient (Wildman–Crippen LogP) is 3.44. The van der Waals surface area contributed by atoms with Crippen molar-refractivity contribution >= 4 is 17.9 Å². The molecule has 6 nitrogen and oxygen atoms in total. The van der Waals surface area contributed by atoms with Gasteiger partial charge in [0.1, 0.15) is 6.54 Å². The van der Waals surface area contributed by atoms with E-state index >= 15 is 0 Å². The van der Waals surface area contributed by atoms with Crippen LogP contribution in [0.4, 0.5) is 4.79 Å². The Labute approximate surface area is 170 Å². The first-order valence-corrected chi connectivity index (χ1v) is 9.83. The Morgan fingerprint density at radius 3 is 2.41 bits per heavy atom. The normalized spacial score (nSPS) is 18.7. The molecule has 0 aliphatic carbocycles. The Hall–Kier alpha value is -3.15. The van der Waals surface area contributed by atoms with Gasteiger partial charge in [-0.1, -0.05) is 61.9 Å². The molecule has 0 aromatic heterocycles. The van der Waals surface area contributed by atoms with Gasteiger partial charge in [-0.2, -0.15) is 0 Å². The number of carbonyl (C=O) groups excluding carboxylic acids is 3. The maximum Gasteiger partial charge on any atom is 0.326 e. The first-order valence-electron chi connectivity index (χ1n) is 9.83. The van der Waals surface area contributed by atoms with E-state index in [0.717, 1.165) is 28.9 Å². The van der Waals surface area contributed by atoms with Gasteiger partial charge in [0.25, 0.3) is 5.91 Å². The van der Waals surface area contributed by atoms with Gasteiger partial charge in [0, 0.05) is 0 Å². The SMILES string of the molecule is CCCCOC(=O)CN1C(=O)N[C@](c2ccccc2)(c2ccc(C)c(C)c2)C1=O. The first kappa shape index (κ1) is 20.6. The summed E-state index contributed by atoms with van der Waals surface area (Å²) in [4.78, 5) is 39.4. The molecule has 2 aromatic carbocycles. The Morgan fingerprint density at radius 1 is 1.03 bits per heavy atom. The fourth-order valence-corrected chi connectivity index (χ4v) is 3.45. The van der Waals surface area contributed by atoms with Crippen LogP contribution in [0.2, 0.25) is 0 Å². The topological polar surface area (TPSA) is 75.7 Å². The van der Waals surface area contributed by atoms with Crippen LogP contribution in [0.25, 0.3) is 0 Å². The van der Waals surface area contributed by atoms with Gasteiger partial charge in [-0.3, -0.25) is 14.5 Å². The van der Waals surface area contributed by atoms with E-state index < -0.39 is 30.0 Å². The molecule has 152 valence electrons. The van der Waals surface area contributed by atoms with Crippen molar-refractivity contribution in [3.05, 3.63) is 70.8 Å². The molecule has 3 rings (SSSR count). The minimum absolute atomic E-state index is 0.278. The van der Waals surface area contributed by atoms with Crippen LogP contribution in [0, 0.1) is 13.8 Å². The van der Waals surface area contributed by atoms with Crippen molar-refractivity contribution in [2.45, 2.75) is 39.2 Å². The molecule has 0 bridgehead atoms. The fraction of sp³-hybridized carbons (Fsp3) is 0.348. The Bertz CT molecular complexity index is 926. The number of esters is 1. The third-order valence-corrected chi connectivity index (χ3v) is 5.30. The second kappa shape index (κ2) is 8.47. The van der Waals surface area contributed by atoms with E-state index in [2.05, 4.69) is 5.32 Å². The second-order valence-electron chi connectivity index (χ2n) is 7.31. The minimum atomic E-state index is -1.37. The summed E-state index contributed by atoms with van der Waals surface area (Å²) in [6, 6.07) is 14.2. The first-order chi connectivity index (χ1) is 13.9. The molecular formula is C23H26N2O4. The summed E-state index contributed by atoms with van der Waals surface area (Å²) in [5.74, 6) is -1.07. The number of amides is 3. The van der Waals surface area contributed by atoms with Gasteiger partial charge in [0.05, 0.1) is 6.61 Å². The molecule has 1 aliphatic heterocycles. The second-order valence-corrected chi connectivity index (χ2v) is 7.31. The van der Waals surface area contributed by atoms with E-state index in [9.17, 15) is 14.4 Å². The number of unbranched alkanes of at least 4 members (excludes halogenated alkanes) is 1. The fourth-order valence-electron chi connectivity index (χ4n) is 3.45. The molecule has 0 saturated carbocycles. The van der Waals surface area contributed by atoms with Gasteiger partial charge in [0.2, 0.25) is 0 Å². The number of imide groups is 1. The Balaban J connectivity index is 1.99. The summed E-state index contributed by atoms with van der Waals surface area (Å²) in [6.07, 6.45) is 1.63. The monoisotopic (exact) mass is 394 g/mol. The highest BCUT2D eigenvalue weighted by Gasteiger charge is 2.54. The van der Waals surface area contributed by atoms with Crippen LogP contribution in [0.1, 0.15) is 42.0 Å². The summed E-state index contributed by atoms with van der Waals surface area (Å²) in [7, 11) is 0. The van der Waals surface area contributed by atoms with E-state index in [1.165, 1.54) is 0 Å². The molecule has 0 radical (unpaired) electrons. The van der Waals surface area contributed by atoms with Crippen molar-refractivity contribution < 1.29 is 19.1 Å². The number of benzene rings is 2. The van der Waals surface area contributed by atoms with Crippen LogP contribution in [-0.2, 0) is 19.9 Å². The molecule has 1 atom stereocenters. The zero-order valence-electron chi connectivity index (χ0n) is 17.0. The molecule has 29 heavy (non-hydrogen) atoms. The average molecular weight is 394 g/mol. The van der Waals surface area contributed by atoms with Gasteiger partial charge in [0.15, 0.2) is 5.54 Å². The lowest BCUT2D eigenvalue weighted by Crippen LogP contribution is -2.45. The lowest BCUT2D eigenvalue weighted by atomic mass is 9.81. The maximum absolute atomic E-state index is 13.5. The van der Waals surface area contributed by atoms with Gasteiger partial charge in [-0.25, -0.2) is 4.79 Å². The third kappa shape index (κ3) is 3.88. The number of hydrogen-bond donors (Lipinski definition) is 1. The maximum atomic E-state index is 13.5. The van der Waals surface area contributed by atoms with Gasteiger partial charge in [-0.05, 0) is 42.5 Å². The van der Waals surface area contributed by atoms with Crippen molar-refractivity contribution in [1.82, 2.24) is 10.2 Å². The summed E-state index contributed by atoms with van der Waals surface area (Å²) in [5.41, 5.74) is 2.03. The number of aryl methyl sites for hydroxylation is 2. The van der Waals surface area contributed by atoms with E-state index in [-0.39, 0.29) is 6.61 Å². The lowest BCUT2D eigenvalue weighted by Gasteiger charge is -2.28. The number of rotatable bonds is 7. The van der Waals surface area contributed by atoms with Crippen molar-refractivity contribution in [2.24, 2.45) is 0 Å². The molecule has 0 spiro atoms. The number of nitrogens with zero attached hydrogens (tertiary/aromatic N) is 1. The van der Waals surface area contributed by atoms with Crippen molar-refractivity contribution in [2.75, 3.05) is 13.2 Å². The largest absolute Gasteiger partial charge is 0.464 e. The Morgan fingerprint density at radius 2 is 1.76 bits per heavy atom. The molecule has 1 N–H and O–H groups in total. The van der Waals surface area contributed by atoms with Crippen LogP contribution in [0.5, 0.6) is 0 Å². The van der Waals surface area contributed by atoms with Crippen molar-refractivity contribution in [3.63, 3.8) is 0 Å². The summed E-state index contributed by atoms with van der Waals surface area (Å²) >= 11 is 0. The van der Waals surface area contributed by atoms with E-state index in [1.54, 1.807) is 12.1 Å². The number of carbonyl (C=O) groups is 3. The van der Waals surface area contributed by atoms with Crippen LogP contribution < -0.4 is 5.32 Å². The quantitative estimate of drug-likeness (QED) is 0.443. The third-order valence-electron chi connectivity index (χ3n) is 5.30. The van der Waals surface area contributed by atoms with E-state index in [1.807, 2.05) is 57.2 Å². The molecular weight excluding hydrogens is 368 g/mol. The van der Waals surface area contributed by atoms with Crippen LogP contribution in [0.15, 0.2) is 48.5 Å². The summed E-state index contributed by atoms with van der Waals surface area (Å²) in [6.45, 7) is 5.81. The van der Waals surface area contributed by atoms with E-state index in [0.29, 0.717) is 11.1 Å². The molecule has 2 aromatic rings. The zero-order chi connectivity index (χ0) is 21.0. The van der Waals surface area contributed by atoms with Gasteiger partial charge in [-0.15, -0.1) is 0 Å². The van der Waals surface area contributed by atoms with E-state index in [4.69, 9.17) is 4.74 Å². The minimum Gasteiger partial charge on any atom is -0.464 e. The molecule has 0 unspecified atom stereocenters. The highest BCUT2D eigenvalue weighted by atomic mass is 16.5. The molecule has 1 fully saturated rings. The molecule has 3 amide bonds. The molecule has 1 saturated heterocycles. The van der Waals surface area contributed by atoms with Crippen LogP contribution in [-0.4, -0.2) is 36.0 Å². The van der Waals surface area contributed by atoms with Crippen molar-refractivity contribution in [1.29, 1.82) is 0 Å². The number of ether oxygens (including phenoxy) is 1. The lowest BCUT2D eigenvalue weighted by molar-refractivity contribution is -0.147. The predicted molar refractivity (Wildman–Crippen MR) is 109 cm³/mol. The smallest absolute Gasteiger partial charge is 0.326 e. The zero-order valence-corrected chi connectivity index (χ0v) is 17.0. The average Bonchev–Trinajstić information content (AvgIpc) is 2.96. The highest BCUT2D eigenvalue weighted by molar-refractivity contribution is 6.11. The van der Waals surface area contributed by atoms with Crippen molar-refractivity contribution in [3.8, 4) is 0 Å². The van der Waals surface area contributed by atoms with Crippen LogP contribution in [0.3, 0.4) is 0 Å². The standard InChI is InChI=1S/C23H26N2O4/c1-4-5-13-29-20(26)15-25-21(27)23(24-22(25)28,18-9-7-6-8-10-18)19-12-11-16(2)17(3)14-19/h6-12,14H,4-5,13,15H2,1-3H3,(H,24,28)/t23-/m1/s1. The Kier molecular flexibility index (Phi) is 6.01. The molecule has 1 aliphatic rings. The molecule has 1 heterocycles.